The summed E-state index contributed by atoms with van der Waals surface area (Å²) in [4.78, 5) is 37.3. The molecule has 0 saturated heterocycles. The van der Waals surface area contributed by atoms with Gasteiger partial charge < -0.3 is 19.4 Å². The lowest BCUT2D eigenvalue weighted by atomic mass is 10.1. The van der Waals surface area contributed by atoms with Gasteiger partial charge in [-0.3, -0.25) is 4.90 Å². The van der Waals surface area contributed by atoms with Crippen LogP contribution in [0.15, 0.2) is 35.9 Å². The number of H-pyrrole nitrogens is 1. The van der Waals surface area contributed by atoms with Crippen LogP contribution >= 0.6 is 0 Å². The van der Waals surface area contributed by atoms with Gasteiger partial charge in [0.25, 0.3) is 0 Å². The Hall–Kier alpha value is -2.61. The third-order valence-electron chi connectivity index (χ3n) is 7.54. The van der Waals surface area contributed by atoms with Gasteiger partial charge in [0.1, 0.15) is 5.70 Å². The molecule has 0 saturated carbocycles. The third-order valence-corrected chi connectivity index (χ3v) is 7.54. The minimum absolute atomic E-state index is 0.256. The molecular weight excluding hydrogens is 516 g/mol. The second kappa shape index (κ2) is 22.0. The summed E-state index contributed by atoms with van der Waals surface area (Å²) in [5, 5.41) is 0. The van der Waals surface area contributed by atoms with Gasteiger partial charge in [-0.1, -0.05) is 76.9 Å². The number of unbranched alkanes of at least 4 members (excludes halogenated alkanes) is 12. The van der Waals surface area contributed by atoms with Crippen molar-refractivity contribution < 1.29 is 19.1 Å². The van der Waals surface area contributed by atoms with Gasteiger partial charge >= 0.3 is 11.9 Å². The van der Waals surface area contributed by atoms with Gasteiger partial charge in [-0.2, -0.15) is 0 Å². The van der Waals surface area contributed by atoms with Crippen LogP contribution in [0.2, 0.25) is 0 Å². The highest BCUT2D eigenvalue weighted by molar-refractivity contribution is 6.00. The second-order valence-electron chi connectivity index (χ2n) is 11.0. The maximum absolute atomic E-state index is 12.9. The van der Waals surface area contributed by atoms with Crippen LogP contribution in [0, 0.1) is 0 Å². The molecule has 1 N–H and O–H groups in total. The summed E-state index contributed by atoms with van der Waals surface area (Å²) in [5.74, 6) is -0.898. The average molecular weight is 573 g/mol. The number of aromatic nitrogens is 2. The molecule has 0 spiro atoms. The van der Waals surface area contributed by atoms with E-state index in [0.29, 0.717) is 37.4 Å². The minimum atomic E-state index is -0.461. The first kappa shape index (κ1) is 34.6. The number of rotatable bonds is 23. The molecule has 1 aromatic rings. The van der Waals surface area contributed by atoms with Crippen LogP contribution in [0.4, 0.5) is 0 Å². The number of hydrogen-bond donors (Lipinski definition) is 1. The summed E-state index contributed by atoms with van der Waals surface area (Å²) in [7, 11) is 0. The predicted octanol–water partition coefficient (Wildman–Crippen LogP) is 6.95. The number of allylic oxidation sites excluding steroid dienone is 2. The van der Waals surface area contributed by atoms with Gasteiger partial charge in [0.15, 0.2) is 0 Å². The Morgan fingerprint density at radius 2 is 1.44 bits per heavy atom. The van der Waals surface area contributed by atoms with E-state index in [0.717, 1.165) is 18.7 Å². The van der Waals surface area contributed by atoms with E-state index in [1.54, 1.807) is 26.4 Å². The molecule has 1 aliphatic rings. The first-order valence-electron chi connectivity index (χ1n) is 16.3. The van der Waals surface area contributed by atoms with E-state index >= 15 is 0 Å². The largest absolute Gasteiger partial charge is 0.463 e. The van der Waals surface area contributed by atoms with Crippen LogP contribution in [0.25, 0.3) is 0 Å². The van der Waals surface area contributed by atoms with Crippen LogP contribution in [0.5, 0.6) is 0 Å². The van der Waals surface area contributed by atoms with Crippen molar-refractivity contribution in [3.63, 3.8) is 0 Å². The molecule has 1 aliphatic heterocycles. The van der Waals surface area contributed by atoms with Gasteiger partial charge in [-0.25, -0.2) is 14.6 Å². The normalized spacial score (nSPS) is 14.3. The second-order valence-corrected chi connectivity index (χ2v) is 11.0. The molecule has 41 heavy (non-hydrogen) atoms. The summed E-state index contributed by atoms with van der Waals surface area (Å²) < 4.78 is 10.7. The van der Waals surface area contributed by atoms with Crippen molar-refractivity contribution >= 4 is 11.9 Å². The number of imidazole rings is 1. The zero-order valence-corrected chi connectivity index (χ0v) is 26.1. The van der Waals surface area contributed by atoms with Crippen molar-refractivity contribution in [3.05, 3.63) is 41.6 Å². The van der Waals surface area contributed by atoms with Crippen LogP contribution < -0.4 is 0 Å². The molecule has 8 nitrogen and oxygen atoms in total. The number of esters is 2. The molecule has 2 heterocycles. The molecule has 0 amide bonds. The Morgan fingerprint density at radius 3 is 2.05 bits per heavy atom. The van der Waals surface area contributed by atoms with Crippen LogP contribution in [-0.4, -0.2) is 71.2 Å². The fourth-order valence-electron chi connectivity index (χ4n) is 5.27. The number of hydrogen-bond acceptors (Lipinski definition) is 7. The maximum Gasteiger partial charge on any atom is 0.355 e. The highest BCUT2D eigenvalue weighted by Crippen LogP contribution is 2.23. The van der Waals surface area contributed by atoms with Gasteiger partial charge in [-0.15, -0.1) is 0 Å². The fraction of sp³-hybridized carbons (Fsp3) is 0.727. The quantitative estimate of drug-likeness (QED) is 0.0863. The monoisotopic (exact) mass is 572 g/mol. The van der Waals surface area contributed by atoms with Crippen LogP contribution in [-0.2, 0) is 25.5 Å². The smallest absolute Gasteiger partial charge is 0.355 e. The lowest BCUT2D eigenvalue weighted by molar-refractivity contribution is -0.144. The summed E-state index contributed by atoms with van der Waals surface area (Å²) in [6, 6.07) is 0. The van der Waals surface area contributed by atoms with E-state index in [9.17, 15) is 9.59 Å². The predicted molar refractivity (Wildman–Crippen MR) is 165 cm³/mol. The van der Waals surface area contributed by atoms with E-state index in [-0.39, 0.29) is 13.2 Å². The van der Waals surface area contributed by atoms with Gasteiger partial charge in [0.2, 0.25) is 0 Å². The average Bonchev–Trinajstić information content (AvgIpc) is 3.49. The zero-order valence-electron chi connectivity index (χ0n) is 26.1. The van der Waals surface area contributed by atoms with Crippen molar-refractivity contribution in [2.24, 2.45) is 0 Å². The number of carbonyl (C=O) groups excluding carboxylic acids is 2. The molecule has 0 fully saturated rings. The Kier molecular flexibility index (Phi) is 18.6. The van der Waals surface area contributed by atoms with Gasteiger partial charge in [0, 0.05) is 37.9 Å². The van der Waals surface area contributed by atoms with Crippen molar-refractivity contribution in [1.29, 1.82) is 0 Å². The van der Waals surface area contributed by atoms with E-state index in [1.807, 2.05) is 4.90 Å². The maximum atomic E-state index is 12.9. The SMILES string of the molecule is CCCCCCCC/C=C\CCCCCCCCN1CC(C(=O)OCC)=C(C(=O)OCC)N(CCc2cnc[nH]2)C1. The van der Waals surface area contributed by atoms with Crippen molar-refractivity contribution in [3.8, 4) is 0 Å². The van der Waals surface area contributed by atoms with Crippen molar-refractivity contribution in [2.75, 3.05) is 39.5 Å². The third kappa shape index (κ3) is 14.2. The number of aromatic amines is 1. The summed E-state index contributed by atoms with van der Waals surface area (Å²) in [6.07, 6.45) is 26.8. The molecule has 0 aromatic carbocycles. The highest BCUT2D eigenvalue weighted by Gasteiger charge is 2.34. The standard InChI is InChI=1S/C33H56N4O4/c1-4-7-8-9-10-11-12-13-14-15-16-17-18-19-20-21-23-36-26-30(32(38)40-5-2)31(33(39)41-6-3)37(28-36)24-22-29-25-34-27-35-29/h13-14,25,27H,4-12,15-24,26,28H2,1-3H3,(H,34,35)/b14-13-. The zero-order chi connectivity index (χ0) is 29.5. The Balaban J connectivity index is 1.75. The summed E-state index contributed by atoms with van der Waals surface area (Å²) >= 11 is 0. The van der Waals surface area contributed by atoms with E-state index in [1.165, 1.54) is 83.5 Å². The van der Waals surface area contributed by atoms with E-state index < -0.39 is 11.9 Å². The highest BCUT2D eigenvalue weighted by atomic mass is 16.5. The van der Waals surface area contributed by atoms with Crippen molar-refractivity contribution in [2.45, 2.75) is 117 Å². The molecule has 232 valence electrons. The molecule has 0 unspecified atom stereocenters. The molecule has 8 heteroatoms. The topological polar surface area (TPSA) is 87.8 Å². The first-order valence-corrected chi connectivity index (χ1v) is 16.3. The Labute approximate surface area is 248 Å². The number of nitrogens with zero attached hydrogens (tertiary/aromatic N) is 3. The lowest BCUT2D eigenvalue weighted by Crippen LogP contribution is -2.48. The Morgan fingerprint density at radius 1 is 0.829 bits per heavy atom. The first-order chi connectivity index (χ1) is 20.1. The molecule has 1 aromatic heterocycles. The minimum Gasteiger partial charge on any atom is -0.463 e. The van der Waals surface area contributed by atoms with E-state index in [4.69, 9.17) is 9.47 Å². The van der Waals surface area contributed by atoms with Gasteiger partial charge in [-0.05, 0) is 46.0 Å². The van der Waals surface area contributed by atoms with Crippen molar-refractivity contribution in [1.82, 2.24) is 19.8 Å². The summed E-state index contributed by atoms with van der Waals surface area (Å²) in [6.45, 7) is 8.78. The molecule has 0 atom stereocenters. The van der Waals surface area contributed by atoms with Crippen LogP contribution in [0.1, 0.15) is 116 Å². The molecule has 0 radical (unpaired) electrons. The lowest BCUT2D eigenvalue weighted by Gasteiger charge is -2.38. The van der Waals surface area contributed by atoms with Crippen LogP contribution in [0.3, 0.4) is 0 Å². The molecule has 0 bridgehead atoms. The molecule has 0 aliphatic carbocycles. The fourth-order valence-corrected chi connectivity index (χ4v) is 5.27. The Bertz CT molecular complexity index is 897. The molecular formula is C33H56N4O4. The van der Waals surface area contributed by atoms with Gasteiger partial charge in [0.05, 0.1) is 31.8 Å². The summed E-state index contributed by atoms with van der Waals surface area (Å²) in [5.41, 5.74) is 1.71. The van der Waals surface area contributed by atoms with E-state index in [2.05, 4.69) is 33.9 Å². The number of carbonyl (C=O) groups is 2. The number of nitrogens with one attached hydrogen (secondary N) is 1. The number of ether oxygens (including phenoxy) is 2. The molecule has 2 rings (SSSR count).